The van der Waals surface area contributed by atoms with Crippen LogP contribution >= 0.6 is 11.6 Å². The third-order valence-electron chi connectivity index (χ3n) is 4.13. The number of nitrogens with zero attached hydrogens (tertiary/aromatic N) is 1. The summed E-state index contributed by atoms with van der Waals surface area (Å²) >= 11 is 5.75. The largest absolute Gasteiger partial charge is 0.322 e. The maximum atomic E-state index is 12.5. The molecule has 8 nitrogen and oxygen atoms in total. The number of halogens is 1. The van der Waals surface area contributed by atoms with Crippen LogP contribution in [-0.4, -0.2) is 19.2 Å². The zero-order chi connectivity index (χ0) is 21.9. The molecule has 0 atom stereocenters. The minimum atomic E-state index is -3.80. The van der Waals surface area contributed by atoms with E-state index in [2.05, 4.69) is 10.0 Å². The van der Waals surface area contributed by atoms with Crippen LogP contribution in [0.2, 0.25) is 5.02 Å². The summed E-state index contributed by atoms with van der Waals surface area (Å²) in [6, 6.07) is 16.1. The number of hydrogen-bond acceptors (Lipinski definition) is 5. The van der Waals surface area contributed by atoms with Crippen LogP contribution in [0.3, 0.4) is 0 Å². The Kier molecular flexibility index (Phi) is 6.04. The van der Waals surface area contributed by atoms with Crippen molar-refractivity contribution in [2.24, 2.45) is 0 Å². The lowest BCUT2D eigenvalue weighted by atomic mass is 10.2. The first-order valence-electron chi connectivity index (χ1n) is 8.60. The number of nitro benzene ring substituents is 1. The Morgan fingerprint density at radius 1 is 0.967 bits per heavy atom. The van der Waals surface area contributed by atoms with Crippen molar-refractivity contribution in [2.75, 3.05) is 10.0 Å². The van der Waals surface area contributed by atoms with Crippen molar-refractivity contribution in [1.82, 2.24) is 0 Å². The monoisotopic (exact) mass is 445 g/mol. The molecule has 1 amide bonds. The van der Waals surface area contributed by atoms with Gasteiger partial charge in [0.25, 0.3) is 21.6 Å². The van der Waals surface area contributed by atoms with Crippen molar-refractivity contribution in [3.8, 4) is 0 Å². The van der Waals surface area contributed by atoms with Gasteiger partial charge in [-0.1, -0.05) is 29.3 Å². The van der Waals surface area contributed by atoms with E-state index in [0.717, 1.165) is 11.6 Å². The SMILES string of the molecule is Cc1ccc(NS(=O)(=O)c2ccc(NC(=O)c3ccc(Cl)c([N+](=O)[O-])c3)cc2)cc1. The van der Waals surface area contributed by atoms with E-state index < -0.39 is 20.9 Å². The summed E-state index contributed by atoms with van der Waals surface area (Å²) in [6.07, 6.45) is 0. The molecule has 0 heterocycles. The number of rotatable bonds is 6. The van der Waals surface area contributed by atoms with Crippen LogP contribution < -0.4 is 10.0 Å². The second-order valence-electron chi connectivity index (χ2n) is 6.37. The number of amides is 1. The van der Waals surface area contributed by atoms with Gasteiger partial charge >= 0.3 is 0 Å². The van der Waals surface area contributed by atoms with E-state index in [0.29, 0.717) is 11.4 Å². The molecule has 3 aromatic carbocycles. The Hall–Kier alpha value is -3.43. The molecule has 0 fully saturated rings. The average Bonchev–Trinajstić information content (AvgIpc) is 2.70. The molecular weight excluding hydrogens is 430 g/mol. The Balaban J connectivity index is 1.74. The number of benzene rings is 3. The normalized spacial score (nSPS) is 11.0. The van der Waals surface area contributed by atoms with Crippen LogP contribution in [0.5, 0.6) is 0 Å². The molecule has 2 N–H and O–H groups in total. The Bertz CT molecular complexity index is 1210. The van der Waals surface area contributed by atoms with Crippen LogP contribution in [0.4, 0.5) is 17.1 Å². The molecule has 3 aromatic rings. The van der Waals surface area contributed by atoms with E-state index in [9.17, 15) is 23.3 Å². The summed E-state index contributed by atoms with van der Waals surface area (Å²) in [6.45, 7) is 1.90. The Labute approximate surface area is 177 Å². The van der Waals surface area contributed by atoms with E-state index in [-0.39, 0.29) is 21.2 Å². The van der Waals surface area contributed by atoms with Gasteiger partial charge in [-0.3, -0.25) is 19.6 Å². The molecule has 0 spiro atoms. The lowest BCUT2D eigenvalue weighted by Crippen LogP contribution is -2.14. The molecule has 0 bridgehead atoms. The van der Waals surface area contributed by atoms with Gasteiger partial charge in [0.2, 0.25) is 0 Å². The predicted molar refractivity (Wildman–Crippen MR) is 114 cm³/mol. The van der Waals surface area contributed by atoms with Crippen LogP contribution in [-0.2, 0) is 10.0 Å². The first-order valence-corrected chi connectivity index (χ1v) is 10.5. The third kappa shape index (κ3) is 4.94. The zero-order valence-electron chi connectivity index (χ0n) is 15.6. The van der Waals surface area contributed by atoms with Crippen molar-refractivity contribution in [2.45, 2.75) is 11.8 Å². The van der Waals surface area contributed by atoms with Crippen molar-refractivity contribution in [3.05, 3.63) is 93.0 Å². The standard InChI is InChI=1S/C20H16ClN3O5S/c1-13-2-5-16(6-3-13)23-30(28,29)17-9-7-15(8-10-17)22-20(25)14-4-11-18(21)19(12-14)24(26)27/h2-12,23H,1H3,(H,22,25). The fourth-order valence-electron chi connectivity index (χ4n) is 2.55. The highest BCUT2D eigenvalue weighted by Gasteiger charge is 2.17. The molecule has 0 saturated carbocycles. The van der Waals surface area contributed by atoms with Crippen molar-refractivity contribution in [3.63, 3.8) is 0 Å². The van der Waals surface area contributed by atoms with Gasteiger partial charge in [0, 0.05) is 23.0 Å². The van der Waals surface area contributed by atoms with Gasteiger partial charge in [0.1, 0.15) is 5.02 Å². The van der Waals surface area contributed by atoms with Crippen molar-refractivity contribution >= 4 is 44.6 Å². The quantitative estimate of drug-likeness (QED) is 0.424. The Morgan fingerprint density at radius 3 is 2.17 bits per heavy atom. The van der Waals surface area contributed by atoms with Gasteiger partial charge in [0.05, 0.1) is 9.82 Å². The number of carbonyl (C=O) groups is 1. The van der Waals surface area contributed by atoms with Gasteiger partial charge in [0.15, 0.2) is 0 Å². The topological polar surface area (TPSA) is 118 Å². The van der Waals surface area contributed by atoms with Crippen molar-refractivity contribution in [1.29, 1.82) is 0 Å². The van der Waals surface area contributed by atoms with Gasteiger partial charge in [-0.15, -0.1) is 0 Å². The average molecular weight is 446 g/mol. The highest BCUT2D eigenvalue weighted by molar-refractivity contribution is 7.92. The zero-order valence-corrected chi connectivity index (χ0v) is 17.2. The number of nitro groups is 1. The first kappa shape index (κ1) is 21.3. The van der Waals surface area contributed by atoms with E-state index in [1.807, 2.05) is 6.92 Å². The first-order chi connectivity index (χ1) is 14.2. The Morgan fingerprint density at radius 2 is 1.57 bits per heavy atom. The van der Waals surface area contributed by atoms with Crippen molar-refractivity contribution < 1.29 is 18.1 Å². The molecule has 0 aromatic heterocycles. The number of anilines is 2. The lowest BCUT2D eigenvalue weighted by molar-refractivity contribution is -0.384. The number of hydrogen-bond donors (Lipinski definition) is 2. The van der Waals surface area contributed by atoms with Crippen LogP contribution in [0.15, 0.2) is 71.6 Å². The number of aryl methyl sites for hydroxylation is 1. The molecule has 0 aliphatic carbocycles. The molecule has 0 unspecified atom stereocenters. The number of sulfonamides is 1. The van der Waals surface area contributed by atoms with E-state index in [1.54, 1.807) is 24.3 Å². The van der Waals surface area contributed by atoms with Gasteiger partial charge < -0.3 is 5.32 Å². The number of nitrogens with one attached hydrogen (secondary N) is 2. The van der Waals surface area contributed by atoms with E-state index in [1.165, 1.54) is 36.4 Å². The molecule has 30 heavy (non-hydrogen) atoms. The minimum absolute atomic E-state index is 0.0169. The molecule has 0 aliphatic heterocycles. The minimum Gasteiger partial charge on any atom is -0.322 e. The summed E-state index contributed by atoms with van der Waals surface area (Å²) in [5.41, 5.74) is 1.43. The molecule has 3 rings (SSSR count). The van der Waals surface area contributed by atoms with Gasteiger partial charge in [-0.05, 0) is 55.5 Å². The maximum absolute atomic E-state index is 12.5. The second kappa shape index (κ2) is 8.52. The second-order valence-corrected chi connectivity index (χ2v) is 8.46. The molecule has 0 saturated heterocycles. The highest BCUT2D eigenvalue weighted by Crippen LogP contribution is 2.26. The van der Waals surface area contributed by atoms with E-state index >= 15 is 0 Å². The van der Waals surface area contributed by atoms with Crippen LogP contribution in [0.25, 0.3) is 0 Å². The summed E-state index contributed by atoms with van der Waals surface area (Å²) in [4.78, 5) is 22.6. The van der Waals surface area contributed by atoms with Crippen LogP contribution in [0, 0.1) is 17.0 Å². The predicted octanol–water partition coefficient (Wildman–Crippen LogP) is 4.61. The summed E-state index contributed by atoms with van der Waals surface area (Å²) < 4.78 is 27.5. The summed E-state index contributed by atoms with van der Waals surface area (Å²) in [5.74, 6) is -0.594. The highest BCUT2D eigenvalue weighted by atomic mass is 35.5. The lowest BCUT2D eigenvalue weighted by Gasteiger charge is -2.10. The molecule has 0 radical (unpaired) electrons. The van der Waals surface area contributed by atoms with Gasteiger partial charge in [-0.2, -0.15) is 0 Å². The maximum Gasteiger partial charge on any atom is 0.288 e. The fourth-order valence-corrected chi connectivity index (χ4v) is 3.80. The molecule has 0 aliphatic rings. The fraction of sp³-hybridized carbons (Fsp3) is 0.0500. The van der Waals surface area contributed by atoms with Gasteiger partial charge in [-0.25, -0.2) is 8.42 Å². The molecule has 10 heteroatoms. The molecular formula is C20H16ClN3O5S. The summed E-state index contributed by atoms with van der Waals surface area (Å²) in [7, 11) is -3.80. The van der Waals surface area contributed by atoms with Crippen LogP contribution in [0.1, 0.15) is 15.9 Å². The van der Waals surface area contributed by atoms with E-state index in [4.69, 9.17) is 11.6 Å². The smallest absolute Gasteiger partial charge is 0.288 e. The number of carbonyl (C=O) groups excluding carboxylic acids is 1. The molecule has 154 valence electrons. The third-order valence-corrected chi connectivity index (χ3v) is 5.85. The summed E-state index contributed by atoms with van der Waals surface area (Å²) in [5, 5.41) is 13.4.